The zero-order chi connectivity index (χ0) is 39.9. The van der Waals surface area contributed by atoms with Gasteiger partial charge in [0.1, 0.15) is 28.5 Å². The van der Waals surface area contributed by atoms with E-state index in [-0.39, 0.29) is 17.9 Å². The van der Waals surface area contributed by atoms with E-state index in [0.29, 0.717) is 92.4 Å². The fourth-order valence-electron chi connectivity index (χ4n) is 7.07. The Morgan fingerprint density at radius 3 is 2.19 bits per heavy atom. The monoisotopic (exact) mass is 776 g/mol. The summed E-state index contributed by atoms with van der Waals surface area (Å²) in [6.45, 7) is 3.46. The lowest BCUT2D eigenvalue weighted by Gasteiger charge is -2.32. The average molecular weight is 777 g/mol. The van der Waals surface area contributed by atoms with Gasteiger partial charge in [0.05, 0.1) is 31.5 Å². The quantitative estimate of drug-likeness (QED) is 0.0619. The van der Waals surface area contributed by atoms with Gasteiger partial charge in [0.2, 0.25) is 17.7 Å². The molecule has 2 aliphatic rings. The van der Waals surface area contributed by atoms with Crippen molar-refractivity contribution < 1.29 is 37.8 Å². The lowest BCUT2D eigenvalue weighted by Crippen LogP contribution is -2.39. The van der Waals surface area contributed by atoms with E-state index >= 15 is 0 Å². The molecule has 7 rings (SSSR count). The number of halogens is 1. The molecule has 13 nitrogen and oxygen atoms in total. The van der Waals surface area contributed by atoms with Crippen molar-refractivity contribution >= 4 is 46.0 Å². The SMILES string of the molecule is CCOC(=O)CCCCC(=O)N1CCC(n2cc(-c3cc4nccc(Oc5ccc(NC(=O)C6(C(=O)Nc7ccc(F)cc7)CC6)cc5)c4cc3OC)cn2)CC1. The summed E-state index contributed by atoms with van der Waals surface area (Å²) < 4.78 is 32.3. The molecule has 3 amide bonds. The number of aromatic nitrogens is 3. The number of likely N-dealkylation sites (tertiary alicyclic amines) is 1. The molecular weight excluding hydrogens is 732 g/mol. The molecule has 2 N–H and O–H groups in total. The number of hydrogen-bond donors (Lipinski definition) is 2. The maximum Gasteiger partial charge on any atom is 0.305 e. The van der Waals surface area contributed by atoms with Gasteiger partial charge in [-0.15, -0.1) is 0 Å². The Morgan fingerprint density at radius 2 is 1.54 bits per heavy atom. The number of pyridine rings is 1. The van der Waals surface area contributed by atoms with E-state index in [1.807, 2.05) is 34.1 Å². The molecule has 2 aromatic heterocycles. The summed E-state index contributed by atoms with van der Waals surface area (Å²) >= 11 is 0. The molecule has 0 atom stereocenters. The van der Waals surface area contributed by atoms with Crippen molar-refractivity contribution in [2.24, 2.45) is 5.41 Å². The van der Waals surface area contributed by atoms with Gasteiger partial charge in [-0.1, -0.05) is 0 Å². The molecule has 3 heterocycles. The van der Waals surface area contributed by atoms with Crippen LogP contribution in [0.1, 0.15) is 64.3 Å². The standard InChI is InChI=1S/C43H45FN6O7/c1-3-56-40(52)7-5-4-6-39(51)49-22-17-32(18-23-49)50-27-28(26-46-50)34-24-36-35(25-38(34)55-2)37(16-21-45-36)57-33-14-12-31(13-15-33)48-42(54)43(19-20-43)41(53)47-30-10-8-29(44)9-11-30/h8-16,21,24-27,32H,3-7,17-20,22-23H2,1-2H3,(H,47,53)(H,48,54). The first-order valence-corrected chi connectivity index (χ1v) is 19.3. The van der Waals surface area contributed by atoms with Crippen LogP contribution in [-0.4, -0.2) is 70.2 Å². The third-order valence-corrected chi connectivity index (χ3v) is 10.5. The van der Waals surface area contributed by atoms with Gasteiger partial charge >= 0.3 is 5.97 Å². The second kappa shape index (κ2) is 17.2. The Bertz CT molecular complexity index is 2250. The number of ether oxygens (including phenoxy) is 3. The summed E-state index contributed by atoms with van der Waals surface area (Å²) in [6.07, 6.45) is 9.98. The highest BCUT2D eigenvalue weighted by atomic mass is 19.1. The van der Waals surface area contributed by atoms with Crippen molar-refractivity contribution in [3.8, 4) is 28.4 Å². The van der Waals surface area contributed by atoms with Gasteiger partial charge in [-0.2, -0.15) is 5.10 Å². The molecule has 0 spiro atoms. The third-order valence-electron chi connectivity index (χ3n) is 10.5. The molecule has 1 saturated carbocycles. The van der Waals surface area contributed by atoms with Crippen molar-refractivity contribution in [3.63, 3.8) is 0 Å². The number of benzene rings is 3. The maximum absolute atomic E-state index is 13.3. The molecule has 57 heavy (non-hydrogen) atoms. The van der Waals surface area contributed by atoms with Gasteiger partial charge in [-0.25, -0.2) is 4.39 Å². The van der Waals surface area contributed by atoms with E-state index < -0.39 is 23.0 Å². The number of piperidine rings is 1. The Morgan fingerprint density at radius 1 is 0.877 bits per heavy atom. The van der Waals surface area contributed by atoms with Gasteiger partial charge in [-0.3, -0.25) is 28.8 Å². The molecule has 1 aliphatic carbocycles. The number of amides is 3. The Labute approximate surface area is 329 Å². The van der Waals surface area contributed by atoms with Crippen molar-refractivity contribution in [2.45, 2.75) is 64.3 Å². The van der Waals surface area contributed by atoms with Crippen LogP contribution in [0.4, 0.5) is 15.8 Å². The normalized spacial score (nSPS) is 14.8. The smallest absolute Gasteiger partial charge is 0.305 e. The summed E-state index contributed by atoms with van der Waals surface area (Å²) in [7, 11) is 1.61. The highest BCUT2D eigenvalue weighted by Gasteiger charge is 2.56. The number of methoxy groups -OCH3 is 1. The van der Waals surface area contributed by atoms with E-state index in [4.69, 9.17) is 14.2 Å². The molecule has 2 fully saturated rings. The summed E-state index contributed by atoms with van der Waals surface area (Å²) in [4.78, 5) is 57.0. The van der Waals surface area contributed by atoms with Gasteiger partial charge < -0.3 is 29.7 Å². The zero-order valence-corrected chi connectivity index (χ0v) is 32.0. The van der Waals surface area contributed by atoms with Crippen LogP contribution in [-0.2, 0) is 23.9 Å². The number of fused-ring (bicyclic) bond motifs is 1. The third kappa shape index (κ3) is 9.06. The molecule has 0 radical (unpaired) electrons. The molecule has 296 valence electrons. The molecule has 3 aromatic carbocycles. The second-order valence-electron chi connectivity index (χ2n) is 14.3. The van der Waals surface area contributed by atoms with Gasteiger partial charge in [0, 0.05) is 66.2 Å². The van der Waals surface area contributed by atoms with E-state index in [2.05, 4.69) is 20.7 Å². The van der Waals surface area contributed by atoms with Crippen molar-refractivity contribution in [2.75, 3.05) is 37.4 Å². The molecule has 14 heteroatoms. The van der Waals surface area contributed by atoms with E-state index in [1.165, 1.54) is 24.3 Å². The number of carbonyl (C=O) groups excluding carboxylic acids is 4. The van der Waals surface area contributed by atoms with E-state index in [1.54, 1.807) is 50.6 Å². The maximum atomic E-state index is 13.3. The van der Waals surface area contributed by atoms with Crippen molar-refractivity contribution in [1.29, 1.82) is 0 Å². The van der Waals surface area contributed by atoms with Gasteiger partial charge in [-0.05, 0) is 112 Å². The summed E-state index contributed by atoms with van der Waals surface area (Å²) in [5.41, 5.74) is 2.16. The molecule has 0 unspecified atom stereocenters. The fourth-order valence-corrected chi connectivity index (χ4v) is 7.07. The van der Waals surface area contributed by atoms with Crippen LogP contribution < -0.4 is 20.1 Å². The summed E-state index contributed by atoms with van der Waals surface area (Å²) in [5.74, 6) is 0.373. The topological polar surface area (TPSA) is 154 Å². The largest absolute Gasteiger partial charge is 0.496 e. The van der Waals surface area contributed by atoms with Crippen LogP contribution in [0, 0.1) is 11.2 Å². The molecule has 1 saturated heterocycles. The minimum Gasteiger partial charge on any atom is -0.496 e. The highest BCUT2D eigenvalue weighted by Crippen LogP contribution is 2.47. The van der Waals surface area contributed by atoms with Crippen LogP contribution in [0.15, 0.2) is 85.3 Å². The number of unbranched alkanes of at least 4 members (excludes halogenated alkanes) is 1. The summed E-state index contributed by atoms with van der Waals surface area (Å²) in [6, 6.07) is 18.0. The first-order chi connectivity index (χ1) is 27.6. The average Bonchev–Trinajstić information content (AvgIpc) is 3.90. The van der Waals surface area contributed by atoms with Gasteiger partial charge in [0.25, 0.3) is 0 Å². The lowest BCUT2D eigenvalue weighted by molar-refractivity contribution is -0.143. The van der Waals surface area contributed by atoms with E-state index in [9.17, 15) is 23.6 Å². The minimum absolute atomic E-state index is 0.117. The first kappa shape index (κ1) is 38.9. The Balaban J connectivity index is 0.957. The predicted molar refractivity (Wildman–Crippen MR) is 211 cm³/mol. The first-order valence-electron chi connectivity index (χ1n) is 19.3. The number of carbonyl (C=O) groups is 4. The number of nitrogens with zero attached hydrogens (tertiary/aromatic N) is 4. The molecule has 1 aliphatic heterocycles. The van der Waals surface area contributed by atoms with Crippen LogP contribution in [0.3, 0.4) is 0 Å². The number of anilines is 2. The minimum atomic E-state index is -1.18. The Hall–Kier alpha value is -6.31. The highest BCUT2D eigenvalue weighted by molar-refractivity contribution is 6.17. The van der Waals surface area contributed by atoms with Crippen LogP contribution >= 0.6 is 0 Å². The number of hydrogen-bond acceptors (Lipinski definition) is 9. The van der Waals surface area contributed by atoms with Crippen molar-refractivity contribution in [1.82, 2.24) is 19.7 Å². The lowest BCUT2D eigenvalue weighted by atomic mass is 10.0. The van der Waals surface area contributed by atoms with Crippen molar-refractivity contribution in [3.05, 3.63) is 91.1 Å². The molecule has 5 aromatic rings. The number of rotatable bonds is 15. The van der Waals surface area contributed by atoms with Crippen LogP contribution in [0.2, 0.25) is 0 Å². The summed E-state index contributed by atoms with van der Waals surface area (Å²) in [5, 5.41) is 11.0. The zero-order valence-electron chi connectivity index (χ0n) is 32.0. The predicted octanol–water partition coefficient (Wildman–Crippen LogP) is 7.68. The fraction of sp³-hybridized carbons (Fsp3) is 0.349. The van der Waals surface area contributed by atoms with Crippen LogP contribution in [0.25, 0.3) is 22.0 Å². The second-order valence-corrected chi connectivity index (χ2v) is 14.3. The van der Waals surface area contributed by atoms with E-state index in [0.717, 1.165) is 29.4 Å². The van der Waals surface area contributed by atoms with Crippen LogP contribution in [0.5, 0.6) is 17.2 Å². The van der Waals surface area contributed by atoms with Gasteiger partial charge in [0.15, 0.2) is 0 Å². The number of esters is 1. The molecular formula is C43H45FN6O7. The number of nitrogens with one attached hydrogen (secondary N) is 2. The molecule has 0 bridgehead atoms. The Kier molecular flexibility index (Phi) is 11.8.